The number of halogens is 1. The first-order valence-electron chi connectivity index (χ1n) is 5.35. The van der Waals surface area contributed by atoms with Crippen molar-refractivity contribution in [3.8, 4) is 0 Å². The van der Waals surface area contributed by atoms with Gasteiger partial charge in [-0.25, -0.2) is 0 Å². The van der Waals surface area contributed by atoms with Crippen LogP contribution in [0.2, 0.25) is 5.02 Å². The maximum Gasteiger partial charge on any atom is 0.183 e. The van der Waals surface area contributed by atoms with E-state index in [0.29, 0.717) is 5.82 Å². The van der Waals surface area contributed by atoms with Crippen LogP contribution in [-0.2, 0) is 7.05 Å². The molecule has 1 aromatic carbocycles. The fourth-order valence-corrected chi connectivity index (χ4v) is 2.01. The average Bonchev–Trinajstić information content (AvgIpc) is 2.74. The van der Waals surface area contributed by atoms with Crippen LogP contribution in [0.4, 0.5) is 0 Å². The monoisotopic (exact) mass is 251 g/mol. The van der Waals surface area contributed by atoms with Crippen LogP contribution < -0.4 is 5.32 Å². The van der Waals surface area contributed by atoms with Crippen LogP contribution in [0, 0.1) is 0 Å². The molecule has 1 aromatic heterocycles. The van der Waals surface area contributed by atoms with E-state index in [0.717, 1.165) is 17.1 Å². The van der Waals surface area contributed by atoms with Crippen molar-refractivity contribution < 1.29 is 0 Å². The number of aryl methyl sites for hydroxylation is 1. The van der Waals surface area contributed by atoms with Crippen molar-refractivity contribution in [3.05, 3.63) is 40.7 Å². The Labute approximate surface area is 105 Å². The Hall–Kier alpha value is -1.46. The molecule has 2 aromatic rings. The zero-order valence-corrected chi connectivity index (χ0v) is 10.5. The van der Waals surface area contributed by atoms with Gasteiger partial charge in [0, 0.05) is 11.6 Å². The molecule has 1 unspecified atom stereocenters. The third-order valence-electron chi connectivity index (χ3n) is 2.52. The third-order valence-corrected chi connectivity index (χ3v) is 2.87. The first-order valence-corrected chi connectivity index (χ1v) is 5.73. The van der Waals surface area contributed by atoms with E-state index in [1.54, 1.807) is 7.05 Å². The summed E-state index contributed by atoms with van der Waals surface area (Å²) in [4.78, 5) is 1.45. The van der Waals surface area contributed by atoms with E-state index in [2.05, 4.69) is 20.7 Å². The molecule has 1 heterocycles. The highest BCUT2D eigenvalue weighted by Crippen LogP contribution is 2.27. The molecule has 0 radical (unpaired) electrons. The van der Waals surface area contributed by atoms with Gasteiger partial charge in [0.25, 0.3) is 0 Å². The molecule has 0 saturated carbocycles. The number of hydrogen-bond acceptors (Lipinski definition) is 4. The van der Waals surface area contributed by atoms with Crippen LogP contribution in [0.5, 0.6) is 0 Å². The largest absolute Gasteiger partial charge is 0.319 e. The Bertz CT molecular complexity index is 496. The van der Waals surface area contributed by atoms with Gasteiger partial charge in [0.05, 0.1) is 13.0 Å². The molecule has 1 N–H and O–H groups in total. The molecule has 0 bridgehead atoms. The quantitative estimate of drug-likeness (QED) is 0.888. The molecule has 0 fully saturated rings. The van der Waals surface area contributed by atoms with Gasteiger partial charge in [-0.3, -0.25) is 0 Å². The highest BCUT2D eigenvalue weighted by molar-refractivity contribution is 6.31. The van der Waals surface area contributed by atoms with Gasteiger partial charge >= 0.3 is 0 Å². The summed E-state index contributed by atoms with van der Waals surface area (Å²) < 4.78 is 0. The molecule has 1 atom stereocenters. The number of nitrogens with one attached hydrogen (secondary N) is 1. The lowest BCUT2D eigenvalue weighted by Crippen LogP contribution is -2.20. The fraction of sp³-hybridized carbons (Fsp3) is 0.364. The van der Waals surface area contributed by atoms with Gasteiger partial charge in [0.1, 0.15) is 0 Å². The molecule has 0 aliphatic rings. The van der Waals surface area contributed by atoms with E-state index in [-0.39, 0.29) is 5.92 Å². The number of likely N-dealkylation sites (N-methyl/N-ethyl adjacent to an activating group) is 1. The number of benzene rings is 1. The minimum atomic E-state index is 0.0161. The van der Waals surface area contributed by atoms with Crippen LogP contribution in [-0.4, -0.2) is 33.8 Å². The summed E-state index contributed by atoms with van der Waals surface area (Å²) in [5.74, 6) is 0.692. The van der Waals surface area contributed by atoms with Gasteiger partial charge in [-0.05, 0) is 23.9 Å². The lowest BCUT2D eigenvalue weighted by atomic mass is 9.98. The predicted molar refractivity (Wildman–Crippen MR) is 66.0 cm³/mol. The summed E-state index contributed by atoms with van der Waals surface area (Å²) in [6.07, 6.45) is 0. The highest BCUT2D eigenvalue weighted by atomic mass is 35.5. The zero-order valence-electron chi connectivity index (χ0n) is 9.76. The summed E-state index contributed by atoms with van der Waals surface area (Å²) in [7, 11) is 3.64. The van der Waals surface area contributed by atoms with E-state index >= 15 is 0 Å². The van der Waals surface area contributed by atoms with Gasteiger partial charge in [0.15, 0.2) is 5.82 Å². The summed E-state index contributed by atoms with van der Waals surface area (Å²) >= 11 is 6.20. The molecule has 0 aliphatic heterocycles. The Morgan fingerprint density at radius 2 is 2.18 bits per heavy atom. The first kappa shape index (κ1) is 12.0. The summed E-state index contributed by atoms with van der Waals surface area (Å²) in [5, 5.41) is 16.0. The lowest BCUT2D eigenvalue weighted by Gasteiger charge is -2.14. The molecule has 0 saturated heterocycles. The van der Waals surface area contributed by atoms with Crippen molar-refractivity contribution in [1.82, 2.24) is 25.5 Å². The van der Waals surface area contributed by atoms with Gasteiger partial charge in [-0.15, -0.1) is 10.2 Å². The molecular weight excluding hydrogens is 238 g/mol. The van der Waals surface area contributed by atoms with E-state index in [4.69, 9.17) is 11.6 Å². The topological polar surface area (TPSA) is 55.6 Å². The molecule has 5 nitrogen and oxygen atoms in total. The Morgan fingerprint density at radius 3 is 2.76 bits per heavy atom. The lowest BCUT2D eigenvalue weighted by molar-refractivity contribution is 0.619. The molecule has 6 heteroatoms. The van der Waals surface area contributed by atoms with Crippen molar-refractivity contribution >= 4 is 11.6 Å². The first-order chi connectivity index (χ1) is 8.22. The molecule has 17 heavy (non-hydrogen) atoms. The van der Waals surface area contributed by atoms with Gasteiger partial charge in [-0.1, -0.05) is 29.8 Å². The number of rotatable bonds is 4. The number of tetrazole rings is 1. The molecule has 0 amide bonds. The summed E-state index contributed by atoms with van der Waals surface area (Å²) in [6, 6.07) is 7.73. The molecule has 0 aliphatic carbocycles. The van der Waals surface area contributed by atoms with E-state index in [1.165, 1.54) is 4.80 Å². The second-order valence-electron chi connectivity index (χ2n) is 3.77. The predicted octanol–water partition coefficient (Wildman–Crippen LogP) is 1.21. The van der Waals surface area contributed by atoms with Crippen LogP contribution in [0.1, 0.15) is 17.3 Å². The van der Waals surface area contributed by atoms with Gasteiger partial charge < -0.3 is 5.32 Å². The molecule has 90 valence electrons. The Kier molecular flexibility index (Phi) is 3.71. The SMILES string of the molecule is CNCC(c1nnn(C)n1)c1ccccc1Cl. The minimum Gasteiger partial charge on any atom is -0.319 e. The summed E-state index contributed by atoms with van der Waals surface area (Å²) in [5.41, 5.74) is 1.01. The standard InChI is InChI=1S/C11H14ClN5/c1-13-7-9(11-14-16-17(2)15-11)8-5-3-4-6-10(8)12/h3-6,9,13H,7H2,1-2H3. The molecular formula is C11H14ClN5. The maximum atomic E-state index is 6.20. The third kappa shape index (κ3) is 2.62. The number of hydrogen-bond donors (Lipinski definition) is 1. The van der Waals surface area contributed by atoms with Crippen molar-refractivity contribution in [2.75, 3.05) is 13.6 Å². The Balaban J connectivity index is 2.39. The van der Waals surface area contributed by atoms with E-state index < -0.39 is 0 Å². The van der Waals surface area contributed by atoms with Crippen molar-refractivity contribution in [1.29, 1.82) is 0 Å². The van der Waals surface area contributed by atoms with Gasteiger partial charge in [0.2, 0.25) is 0 Å². The summed E-state index contributed by atoms with van der Waals surface area (Å²) in [6.45, 7) is 0.718. The highest BCUT2D eigenvalue weighted by Gasteiger charge is 2.20. The van der Waals surface area contributed by atoms with Crippen molar-refractivity contribution in [3.63, 3.8) is 0 Å². The van der Waals surface area contributed by atoms with Crippen LogP contribution in [0.3, 0.4) is 0 Å². The van der Waals surface area contributed by atoms with Crippen LogP contribution in [0.25, 0.3) is 0 Å². The normalized spacial score (nSPS) is 12.6. The van der Waals surface area contributed by atoms with Crippen molar-refractivity contribution in [2.24, 2.45) is 7.05 Å². The smallest absolute Gasteiger partial charge is 0.183 e. The van der Waals surface area contributed by atoms with Crippen LogP contribution >= 0.6 is 11.6 Å². The number of aromatic nitrogens is 4. The Morgan fingerprint density at radius 1 is 1.41 bits per heavy atom. The number of nitrogens with zero attached hydrogens (tertiary/aromatic N) is 4. The molecule has 2 rings (SSSR count). The van der Waals surface area contributed by atoms with E-state index in [9.17, 15) is 0 Å². The van der Waals surface area contributed by atoms with Gasteiger partial charge in [-0.2, -0.15) is 4.80 Å². The average molecular weight is 252 g/mol. The second kappa shape index (κ2) is 5.25. The minimum absolute atomic E-state index is 0.0161. The maximum absolute atomic E-state index is 6.20. The second-order valence-corrected chi connectivity index (χ2v) is 4.18. The van der Waals surface area contributed by atoms with E-state index in [1.807, 2.05) is 31.3 Å². The molecule has 0 spiro atoms. The fourth-order valence-electron chi connectivity index (χ4n) is 1.74. The zero-order chi connectivity index (χ0) is 12.3. The van der Waals surface area contributed by atoms with Crippen molar-refractivity contribution in [2.45, 2.75) is 5.92 Å². The van der Waals surface area contributed by atoms with Crippen LogP contribution in [0.15, 0.2) is 24.3 Å².